The molecule has 0 rings (SSSR count). The number of hydrogen-bond donors (Lipinski definition) is 2. The van der Waals surface area contributed by atoms with Crippen LogP contribution in [0.15, 0.2) is 0 Å². The lowest BCUT2D eigenvalue weighted by Gasteiger charge is -2.21. The van der Waals surface area contributed by atoms with E-state index in [9.17, 15) is 38.4 Å². The monoisotopic (exact) mass is 594 g/mol. The van der Waals surface area contributed by atoms with Gasteiger partial charge in [-0.15, -0.1) is 0 Å². The Morgan fingerprint density at radius 2 is 0.537 bits per heavy atom. The van der Waals surface area contributed by atoms with E-state index >= 15 is 0 Å². The minimum Gasteiger partial charge on any atom is -0.479 e. The molecule has 0 bridgehead atoms. The Hall–Kier alpha value is -4.28. The summed E-state index contributed by atoms with van der Waals surface area (Å²) in [6.45, 7) is 8.81. The van der Waals surface area contributed by atoms with Gasteiger partial charge < -0.3 is 43.4 Å². The summed E-state index contributed by atoms with van der Waals surface area (Å²) in [6.07, 6.45) is -12.3. The summed E-state index contributed by atoms with van der Waals surface area (Å²) in [5.41, 5.74) is 0. The summed E-state index contributed by atoms with van der Waals surface area (Å²) in [4.78, 5) is 94.5. The number of carbonyl (C=O) groups is 8. The van der Waals surface area contributed by atoms with E-state index in [4.69, 9.17) is 33.9 Å². The van der Waals surface area contributed by atoms with Gasteiger partial charge in [-0.3, -0.25) is 0 Å². The van der Waals surface area contributed by atoms with Crippen molar-refractivity contribution >= 4 is 47.8 Å². The molecule has 0 unspecified atom stereocenters. The first-order valence-electron chi connectivity index (χ1n) is 12.1. The number of esters is 7. The molecule has 0 aromatic carbocycles. The number of aliphatic carboxylic acids is 1. The van der Waals surface area contributed by atoms with Crippen LogP contribution in [0.1, 0.15) is 55.4 Å². The fourth-order valence-electron chi connectivity index (χ4n) is 2.23. The zero-order chi connectivity index (χ0) is 32.2. The van der Waals surface area contributed by atoms with Gasteiger partial charge in [0.25, 0.3) is 0 Å². The van der Waals surface area contributed by atoms with Crippen LogP contribution in [0.4, 0.5) is 0 Å². The van der Waals surface area contributed by atoms with Gasteiger partial charge in [0.15, 0.2) is 42.7 Å². The summed E-state index contributed by atoms with van der Waals surface area (Å²) in [6, 6.07) is 0. The van der Waals surface area contributed by atoms with Gasteiger partial charge in [0.05, 0.1) is 0 Å². The Balaban J connectivity index is 4.77. The zero-order valence-corrected chi connectivity index (χ0v) is 23.6. The van der Waals surface area contributed by atoms with E-state index < -0.39 is 96.6 Å². The molecular weight excluding hydrogens is 560 g/mol. The van der Waals surface area contributed by atoms with Gasteiger partial charge in [-0.05, 0) is 55.4 Å². The lowest BCUT2D eigenvalue weighted by atomic mass is 10.3. The highest BCUT2D eigenvalue weighted by atomic mass is 16.7. The molecule has 0 aliphatic heterocycles. The van der Waals surface area contributed by atoms with Gasteiger partial charge in [-0.2, -0.15) is 0 Å². The van der Waals surface area contributed by atoms with Crippen LogP contribution in [0, 0.1) is 0 Å². The van der Waals surface area contributed by atoms with Crippen LogP contribution in [0.3, 0.4) is 0 Å². The van der Waals surface area contributed by atoms with Crippen molar-refractivity contribution in [2.24, 2.45) is 0 Å². The van der Waals surface area contributed by atoms with E-state index in [1.807, 2.05) is 0 Å². The second kappa shape index (κ2) is 16.7. The molecule has 0 aliphatic carbocycles. The number of aliphatic hydroxyl groups excluding tert-OH is 1. The largest absolute Gasteiger partial charge is 0.479 e. The standard InChI is InChI=1S/C24H34O17/c1-9(25)18(28)36-11(3)20(30)38-13(5)22(32)40-15(7)24(34)41-16(8)23(33)39-14(6)21(31)37-12(4)19(29)35-10(2)17(26)27/h9-16,25H,1-8H3,(H,26,27)/t9-,10-,11-,12-,13-,14-,15-,16-/m0/s1. The van der Waals surface area contributed by atoms with Crippen molar-refractivity contribution in [3.05, 3.63) is 0 Å². The third-order valence-corrected chi connectivity index (χ3v) is 4.73. The summed E-state index contributed by atoms with van der Waals surface area (Å²) in [5.74, 6) is -9.60. The van der Waals surface area contributed by atoms with Crippen molar-refractivity contribution < 1.29 is 81.7 Å². The van der Waals surface area contributed by atoms with Gasteiger partial charge in [0.2, 0.25) is 0 Å². The van der Waals surface area contributed by atoms with E-state index in [2.05, 4.69) is 9.47 Å². The van der Waals surface area contributed by atoms with Gasteiger partial charge in [0, 0.05) is 0 Å². The molecule has 2 N–H and O–H groups in total. The molecule has 17 nitrogen and oxygen atoms in total. The van der Waals surface area contributed by atoms with Crippen molar-refractivity contribution in [3.63, 3.8) is 0 Å². The molecule has 0 heterocycles. The molecule has 0 aromatic heterocycles. The summed E-state index contributed by atoms with van der Waals surface area (Å²) >= 11 is 0. The summed E-state index contributed by atoms with van der Waals surface area (Å²) in [5, 5.41) is 17.8. The SMILES string of the molecule is C[C@H](O)C(=O)O[C@@H](C)C(=O)O[C@@H](C)C(=O)O[C@@H](C)C(=O)O[C@@H](C)C(=O)O[C@@H](C)C(=O)O[C@@H](C)C(=O)O[C@@H](C)C(=O)O. The second-order valence-electron chi connectivity index (χ2n) is 8.57. The minimum atomic E-state index is -1.60. The molecule has 8 atom stereocenters. The maximum Gasteiger partial charge on any atom is 0.347 e. The molecule has 0 aliphatic rings. The highest BCUT2D eigenvalue weighted by Crippen LogP contribution is 2.09. The highest BCUT2D eigenvalue weighted by molar-refractivity contribution is 5.87. The Kier molecular flexibility index (Phi) is 15.0. The smallest absolute Gasteiger partial charge is 0.347 e. The fourth-order valence-corrected chi connectivity index (χ4v) is 2.23. The Morgan fingerprint density at radius 3 is 0.707 bits per heavy atom. The number of aliphatic hydroxyl groups is 1. The van der Waals surface area contributed by atoms with Gasteiger partial charge in [0.1, 0.15) is 6.10 Å². The molecule has 41 heavy (non-hydrogen) atoms. The van der Waals surface area contributed by atoms with Crippen LogP contribution in [0.25, 0.3) is 0 Å². The normalized spacial score (nSPS) is 16.5. The molecule has 232 valence electrons. The summed E-state index contributed by atoms with van der Waals surface area (Å²) < 4.78 is 33.3. The maximum absolute atomic E-state index is 12.2. The van der Waals surface area contributed by atoms with Crippen LogP contribution in [0.2, 0.25) is 0 Å². The number of ether oxygens (including phenoxy) is 7. The van der Waals surface area contributed by atoms with Crippen LogP contribution >= 0.6 is 0 Å². The van der Waals surface area contributed by atoms with Crippen LogP contribution in [-0.2, 0) is 71.5 Å². The van der Waals surface area contributed by atoms with E-state index in [1.54, 1.807) is 0 Å². The topological polar surface area (TPSA) is 242 Å². The second-order valence-corrected chi connectivity index (χ2v) is 8.57. The quantitative estimate of drug-likeness (QED) is 0.170. The number of carbonyl (C=O) groups excluding carboxylic acids is 7. The average Bonchev–Trinajstić information content (AvgIpc) is 2.87. The molecular formula is C24H34O17. The molecule has 0 aromatic rings. The van der Waals surface area contributed by atoms with Crippen LogP contribution in [0.5, 0.6) is 0 Å². The zero-order valence-electron chi connectivity index (χ0n) is 23.6. The van der Waals surface area contributed by atoms with Crippen molar-refractivity contribution in [1.29, 1.82) is 0 Å². The number of carboxylic acids is 1. The first-order chi connectivity index (χ1) is 18.8. The molecule has 17 heteroatoms. The van der Waals surface area contributed by atoms with E-state index in [0.717, 1.165) is 55.4 Å². The van der Waals surface area contributed by atoms with E-state index in [-0.39, 0.29) is 0 Å². The lowest BCUT2D eigenvalue weighted by molar-refractivity contribution is -0.188. The number of rotatable bonds is 15. The molecule has 0 amide bonds. The van der Waals surface area contributed by atoms with E-state index in [1.165, 1.54) is 0 Å². The number of carboxylic acid groups (broad SMARTS) is 1. The van der Waals surface area contributed by atoms with Gasteiger partial charge in [-0.1, -0.05) is 0 Å². The fraction of sp³-hybridized carbons (Fsp3) is 0.667. The first-order valence-corrected chi connectivity index (χ1v) is 12.1. The average molecular weight is 595 g/mol. The molecule has 0 saturated carbocycles. The van der Waals surface area contributed by atoms with Crippen molar-refractivity contribution in [3.8, 4) is 0 Å². The van der Waals surface area contributed by atoms with E-state index in [0.29, 0.717) is 0 Å². The molecule has 0 saturated heterocycles. The molecule has 0 radical (unpaired) electrons. The first kappa shape index (κ1) is 36.7. The third kappa shape index (κ3) is 13.1. The Labute approximate surface area is 234 Å². The summed E-state index contributed by atoms with van der Waals surface area (Å²) in [7, 11) is 0. The lowest BCUT2D eigenvalue weighted by Crippen LogP contribution is -2.39. The maximum atomic E-state index is 12.2. The van der Waals surface area contributed by atoms with Crippen molar-refractivity contribution in [2.75, 3.05) is 0 Å². The minimum absolute atomic E-state index is 1.08. The van der Waals surface area contributed by atoms with Gasteiger partial charge >= 0.3 is 47.8 Å². The van der Waals surface area contributed by atoms with Crippen LogP contribution < -0.4 is 0 Å². The molecule has 0 fully saturated rings. The predicted octanol–water partition coefficient (Wildman–Crippen LogP) is -1.03. The van der Waals surface area contributed by atoms with Crippen molar-refractivity contribution in [1.82, 2.24) is 0 Å². The Morgan fingerprint density at radius 1 is 0.366 bits per heavy atom. The molecule has 0 spiro atoms. The van der Waals surface area contributed by atoms with Crippen LogP contribution in [-0.4, -0.2) is 107 Å². The third-order valence-electron chi connectivity index (χ3n) is 4.73. The number of hydrogen-bond acceptors (Lipinski definition) is 16. The van der Waals surface area contributed by atoms with Gasteiger partial charge in [-0.25, -0.2) is 38.4 Å². The highest BCUT2D eigenvalue weighted by Gasteiger charge is 2.32. The van der Waals surface area contributed by atoms with Crippen molar-refractivity contribution in [2.45, 2.75) is 104 Å². The Bertz CT molecular complexity index is 1000. The predicted molar refractivity (Wildman–Crippen MR) is 128 cm³/mol.